The number of halogens is 1. The lowest BCUT2D eigenvalue weighted by molar-refractivity contribution is -0.132. The van der Waals surface area contributed by atoms with Crippen LogP contribution in [0.3, 0.4) is 0 Å². The Bertz CT molecular complexity index is 944. The van der Waals surface area contributed by atoms with Gasteiger partial charge in [-0.3, -0.25) is 9.20 Å². The first kappa shape index (κ1) is 19.1. The van der Waals surface area contributed by atoms with Gasteiger partial charge in [0.1, 0.15) is 5.82 Å². The van der Waals surface area contributed by atoms with Crippen molar-refractivity contribution >= 4 is 22.2 Å². The van der Waals surface area contributed by atoms with Gasteiger partial charge in [-0.25, -0.2) is 9.37 Å². The predicted octanol–water partition coefficient (Wildman–Crippen LogP) is 4.16. The minimum Gasteiger partial charge on any atom is -0.376 e. The Kier molecular flexibility index (Phi) is 5.73. The molecular formula is C21H24FN3O2S. The van der Waals surface area contributed by atoms with E-state index in [4.69, 9.17) is 4.74 Å². The van der Waals surface area contributed by atoms with Gasteiger partial charge in [0, 0.05) is 55.4 Å². The highest BCUT2D eigenvalue weighted by atomic mass is 32.1. The number of benzene rings is 1. The molecule has 0 aliphatic carbocycles. The average molecular weight is 402 g/mol. The summed E-state index contributed by atoms with van der Waals surface area (Å²) in [7, 11) is 0. The third kappa shape index (κ3) is 4.10. The maximum absolute atomic E-state index is 13.2. The molecule has 0 radical (unpaired) electrons. The van der Waals surface area contributed by atoms with Gasteiger partial charge in [-0.2, -0.15) is 0 Å². The highest BCUT2D eigenvalue weighted by molar-refractivity contribution is 7.15. The number of rotatable bonds is 7. The van der Waals surface area contributed by atoms with Crippen LogP contribution in [0.1, 0.15) is 31.9 Å². The van der Waals surface area contributed by atoms with Crippen molar-refractivity contribution in [3.8, 4) is 11.3 Å². The highest BCUT2D eigenvalue weighted by Gasteiger charge is 2.22. The van der Waals surface area contributed by atoms with E-state index in [-0.39, 0.29) is 17.8 Å². The van der Waals surface area contributed by atoms with Crippen LogP contribution in [0.4, 0.5) is 4.39 Å². The van der Waals surface area contributed by atoms with E-state index in [0.29, 0.717) is 19.5 Å². The second-order valence-corrected chi connectivity index (χ2v) is 7.93. The Morgan fingerprint density at radius 1 is 1.39 bits per heavy atom. The summed E-state index contributed by atoms with van der Waals surface area (Å²) < 4.78 is 20.9. The van der Waals surface area contributed by atoms with E-state index >= 15 is 0 Å². The summed E-state index contributed by atoms with van der Waals surface area (Å²) in [5, 5.41) is 2.09. The molecule has 3 aromatic rings. The summed E-state index contributed by atoms with van der Waals surface area (Å²) in [5.41, 5.74) is 2.85. The van der Waals surface area contributed by atoms with Gasteiger partial charge in [0.15, 0.2) is 4.96 Å². The molecule has 148 valence electrons. The normalized spacial score (nSPS) is 16.7. The molecule has 1 fully saturated rings. The quantitative estimate of drug-likeness (QED) is 0.597. The molecule has 1 atom stereocenters. The summed E-state index contributed by atoms with van der Waals surface area (Å²) in [6.07, 6.45) is 5.52. The molecular weight excluding hydrogens is 377 g/mol. The average Bonchev–Trinajstić information content (AvgIpc) is 3.43. The Morgan fingerprint density at radius 2 is 2.21 bits per heavy atom. The maximum atomic E-state index is 13.2. The van der Waals surface area contributed by atoms with Gasteiger partial charge in [0.2, 0.25) is 5.91 Å². The lowest BCUT2D eigenvalue weighted by Gasteiger charge is -2.25. The number of amides is 1. The van der Waals surface area contributed by atoms with E-state index < -0.39 is 0 Å². The van der Waals surface area contributed by atoms with Crippen molar-refractivity contribution < 1.29 is 13.9 Å². The number of ether oxygens (including phenoxy) is 1. The third-order valence-corrected chi connectivity index (χ3v) is 6.05. The molecule has 7 heteroatoms. The molecule has 3 heterocycles. The largest absolute Gasteiger partial charge is 0.376 e. The van der Waals surface area contributed by atoms with Crippen molar-refractivity contribution in [3.05, 3.63) is 47.4 Å². The van der Waals surface area contributed by atoms with Crippen LogP contribution in [0.5, 0.6) is 0 Å². The smallest absolute Gasteiger partial charge is 0.222 e. The van der Waals surface area contributed by atoms with Crippen LogP contribution < -0.4 is 0 Å². The molecule has 28 heavy (non-hydrogen) atoms. The van der Waals surface area contributed by atoms with Crippen LogP contribution in [0, 0.1) is 5.82 Å². The number of thiazole rings is 1. The minimum absolute atomic E-state index is 0.163. The first-order chi connectivity index (χ1) is 13.6. The molecule has 5 nitrogen and oxygen atoms in total. The number of fused-ring (bicyclic) bond motifs is 1. The molecule has 0 N–H and O–H groups in total. The van der Waals surface area contributed by atoms with E-state index in [2.05, 4.69) is 14.8 Å². The third-order valence-electron chi connectivity index (χ3n) is 5.16. The fourth-order valence-electron chi connectivity index (χ4n) is 3.59. The fraction of sp³-hybridized carbons (Fsp3) is 0.429. The van der Waals surface area contributed by atoms with Gasteiger partial charge in [0.25, 0.3) is 0 Å². The molecule has 0 saturated carbocycles. The van der Waals surface area contributed by atoms with E-state index in [9.17, 15) is 9.18 Å². The molecule has 4 rings (SSSR count). The van der Waals surface area contributed by atoms with E-state index in [0.717, 1.165) is 47.8 Å². The predicted molar refractivity (Wildman–Crippen MR) is 108 cm³/mol. The number of hydrogen-bond donors (Lipinski definition) is 0. The van der Waals surface area contributed by atoms with Crippen LogP contribution >= 0.6 is 11.3 Å². The number of hydrogen-bond acceptors (Lipinski definition) is 4. The maximum Gasteiger partial charge on any atom is 0.222 e. The van der Waals surface area contributed by atoms with Gasteiger partial charge >= 0.3 is 0 Å². The first-order valence-electron chi connectivity index (χ1n) is 9.75. The van der Waals surface area contributed by atoms with Crippen LogP contribution in [-0.2, 0) is 16.0 Å². The summed E-state index contributed by atoms with van der Waals surface area (Å²) >= 11 is 1.58. The first-order valence-corrected chi connectivity index (χ1v) is 10.6. The summed E-state index contributed by atoms with van der Waals surface area (Å²) in [6.45, 7) is 4.04. The van der Waals surface area contributed by atoms with Crippen molar-refractivity contribution in [1.82, 2.24) is 14.3 Å². The number of carbonyl (C=O) groups excluding carboxylic acids is 1. The van der Waals surface area contributed by atoms with Crippen molar-refractivity contribution in [2.75, 3.05) is 19.7 Å². The molecule has 1 aromatic carbocycles. The zero-order valence-electron chi connectivity index (χ0n) is 15.9. The van der Waals surface area contributed by atoms with Gasteiger partial charge in [-0.05, 0) is 37.1 Å². The molecule has 2 aromatic heterocycles. The fourth-order valence-corrected chi connectivity index (χ4v) is 4.50. The van der Waals surface area contributed by atoms with E-state index in [1.807, 2.05) is 18.0 Å². The zero-order valence-corrected chi connectivity index (χ0v) is 16.8. The minimum atomic E-state index is -0.252. The summed E-state index contributed by atoms with van der Waals surface area (Å²) in [5.74, 6) is -0.0861. The monoisotopic (exact) mass is 401 g/mol. The number of nitrogens with zero attached hydrogens (tertiary/aromatic N) is 3. The van der Waals surface area contributed by atoms with Crippen molar-refractivity contribution in [3.63, 3.8) is 0 Å². The van der Waals surface area contributed by atoms with Crippen LogP contribution in [-0.4, -0.2) is 46.0 Å². The zero-order chi connectivity index (χ0) is 19.5. The van der Waals surface area contributed by atoms with Gasteiger partial charge in [-0.1, -0.05) is 6.92 Å². The van der Waals surface area contributed by atoms with Crippen molar-refractivity contribution in [2.45, 2.75) is 38.7 Å². The Labute approximate surface area is 167 Å². The van der Waals surface area contributed by atoms with Crippen LogP contribution in [0.25, 0.3) is 16.2 Å². The molecule has 1 saturated heterocycles. The van der Waals surface area contributed by atoms with Crippen LogP contribution in [0.2, 0.25) is 0 Å². The molecule has 0 bridgehead atoms. The summed E-state index contributed by atoms with van der Waals surface area (Å²) in [4.78, 5) is 19.8. The standard InChI is InChI=1S/C21H24FN3O2S/c1-2-20(26)24(12-18-4-3-11-27-18)10-9-17-14-28-21-23-19(13-25(17)21)15-5-7-16(22)8-6-15/h5-8,13-14,18H,2-4,9-12H2,1H3. The molecule has 1 amide bonds. The van der Waals surface area contributed by atoms with Crippen molar-refractivity contribution in [1.29, 1.82) is 0 Å². The number of imidazole rings is 1. The number of aromatic nitrogens is 2. The molecule has 1 aliphatic heterocycles. The number of carbonyl (C=O) groups is 1. The second kappa shape index (κ2) is 8.41. The SMILES string of the molecule is CCC(=O)N(CCc1csc2nc(-c3ccc(F)cc3)cn12)CC1CCCO1. The molecule has 0 spiro atoms. The van der Waals surface area contributed by atoms with E-state index in [1.54, 1.807) is 23.5 Å². The Hall–Kier alpha value is -2.25. The summed E-state index contributed by atoms with van der Waals surface area (Å²) in [6, 6.07) is 6.38. The van der Waals surface area contributed by atoms with Gasteiger partial charge in [0.05, 0.1) is 11.8 Å². The van der Waals surface area contributed by atoms with Crippen LogP contribution in [0.15, 0.2) is 35.8 Å². The Morgan fingerprint density at radius 3 is 2.93 bits per heavy atom. The molecule has 1 aliphatic rings. The molecule has 1 unspecified atom stereocenters. The lowest BCUT2D eigenvalue weighted by Crippen LogP contribution is -2.38. The van der Waals surface area contributed by atoms with Gasteiger partial charge in [-0.15, -0.1) is 11.3 Å². The lowest BCUT2D eigenvalue weighted by atomic mass is 10.2. The van der Waals surface area contributed by atoms with Gasteiger partial charge < -0.3 is 9.64 Å². The Balaban J connectivity index is 1.48. The second-order valence-electron chi connectivity index (χ2n) is 7.09. The topological polar surface area (TPSA) is 46.8 Å². The highest BCUT2D eigenvalue weighted by Crippen LogP contribution is 2.24. The van der Waals surface area contributed by atoms with Crippen molar-refractivity contribution in [2.24, 2.45) is 0 Å². The van der Waals surface area contributed by atoms with E-state index in [1.165, 1.54) is 12.1 Å².